The van der Waals surface area contributed by atoms with Crippen LogP contribution < -0.4 is 11.2 Å². The first-order valence-electron chi connectivity index (χ1n) is 7.84. The molecule has 9 heteroatoms. The van der Waals surface area contributed by atoms with Crippen LogP contribution in [0.1, 0.15) is 16.6 Å². The summed E-state index contributed by atoms with van der Waals surface area (Å²) in [5, 5.41) is 9.48. The van der Waals surface area contributed by atoms with Crippen molar-refractivity contribution in [3.63, 3.8) is 0 Å². The fourth-order valence-electron chi connectivity index (χ4n) is 2.17. The number of hydrogen-bond acceptors (Lipinski definition) is 7. The molecule has 0 saturated heterocycles. The van der Waals surface area contributed by atoms with Gasteiger partial charge in [0, 0.05) is 19.4 Å². The summed E-state index contributed by atoms with van der Waals surface area (Å²) in [4.78, 5) is 37.1. The number of rotatable bonds is 9. The first-order valence-corrected chi connectivity index (χ1v) is 7.84. The van der Waals surface area contributed by atoms with Crippen LogP contribution in [0.3, 0.4) is 0 Å². The summed E-state index contributed by atoms with van der Waals surface area (Å²) in [6.45, 7) is -0.683. The van der Waals surface area contributed by atoms with Crippen molar-refractivity contribution in [3.8, 4) is 0 Å². The average molecular weight is 364 g/mol. The van der Waals surface area contributed by atoms with Gasteiger partial charge in [-0.1, -0.05) is 18.2 Å². The maximum absolute atomic E-state index is 12.0. The molecule has 2 rings (SSSR count). The smallest absolute Gasteiger partial charge is 0.338 e. The van der Waals surface area contributed by atoms with Crippen molar-refractivity contribution in [2.75, 3.05) is 26.9 Å². The van der Waals surface area contributed by atoms with Crippen molar-refractivity contribution in [1.29, 1.82) is 0 Å². The van der Waals surface area contributed by atoms with E-state index in [1.54, 1.807) is 30.3 Å². The lowest BCUT2D eigenvalue weighted by Gasteiger charge is -2.24. The number of aliphatic hydroxyl groups is 1. The van der Waals surface area contributed by atoms with Gasteiger partial charge in [-0.2, -0.15) is 0 Å². The molecule has 0 spiro atoms. The summed E-state index contributed by atoms with van der Waals surface area (Å²) in [5.74, 6) is -0.558. The van der Waals surface area contributed by atoms with Crippen LogP contribution >= 0.6 is 0 Å². The van der Waals surface area contributed by atoms with Crippen LogP contribution in [0.2, 0.25) is 0 Å². The number of ether oxygens (including phenoxy) is 3. The van der Waals surface area contributed by atoms with Crippen LogP contribution in [-0.4, -0.2) is 53.7 Å². The van der Waals surface area contributed by atoms with Crippen molar-refractivity contribution >= 4 is 5.97 Å². The van der Waals surface area contributed by atoms with E-state index in [0.29, 0.717) is 5.56 Å². The second-order valence-corrected chi connectivity index (χ2v) is 5.33. The van der Waals surface area contributed by atoms with Gasteiger partial charge < -0.3 is 19.3 Å². The minimum absolute atomic E-state index is 0.0188. The number of benzene rings is 1. The molecule has 0 saturated carbocycles. The molecule has 0 amide bonds. The van der Waals surface area contributed by atoms with Gasteiger partial charge in [0.15, 0.2) is 6.23 Å². The molecule has 1 aromatic heterocycles. The lowest BCUT2D eigenvalue weighted by molar-refractivity contribution is -0.120. The Balaban J connectivity index is 2.04. The zero-order chi connectivity index (χ0) is 18.9. The van der Waals surface area contributed by atoms with E-state index >= 15 is 0 Å². The number of esters is 1. The summed E-state index contributed by atoms with van der Waals surface area (Å²) in [6, 6.07) is 9.54. The molecule has 0 bridgehead atoms. The van der Waals surface area contributed by atoms with Gasteiger partial charge in [0.25, 0.3) is 5.56 Å². The third-order valence-electron chi connectivity index (χ3n) is 3.43. The molecule has 2 atom stereocenters. The molecule has 0 aliphatic carbocycles. The molecule has 1 heterocycles. The highest BCUT2D eigenvalue weighted by Gasteiger charge is 2.21. The topological polar surface area (TPSA) is 120 Å². The Hall–Kier alpha value is -2.75. The molecule has 2 aromatic rings. The van der Waals surface area contributed by atoms with E-state index in [-0.39, 0.29) is 13.2 Å². The fourth-order valence-corrected chi connectivity index (χ4v) is 2.17. The van der Waals surface area contributed by atoms with Crippen LogP contribution in [0.15, 0.2) is 52.2 Å². The molecule has 1 aromatic carbocycles. The minimum atomic E-state index is -0.920. The van der Waals surface area contributed by atoms with Crippen LogP contribution in [0, 0.1) is 0 Å². The maximum Gasteiger partial charge on any atom is 0.338 e. The van der Waals surface area contributed by atoms with Crippen LogP contribution in [-0.2, 0) is 14.2 Å². The van der Waals surface area contributed by atoms with Crippen LogP contribution in [0.4, 0.5) is 0 Å². The number of nitrogens with zero attached hydrogens (tertiary/aromatic N) is 1. The fraction of sp³-hybridized carbons (Fsp3) is 0.353. The molecule has 0 unspecified atom stereocenters. The van der Waals surface area contributed by atoms with E-state index in [1.165, 1.54) is 13.3 Å². The van der Waals surface area contributed by atoms with Crippen LogP contribution in [0.5, 0.6) is 0 Å². The van der Waals surface area contributed by atoms with Gasteiger partial charge in [0.2, 0.25) is 0 Å². The van der Waals surface area contributed by atoms with E-state index in [2.05, 4.69) is 4.98 Å². The van der Waals surface area contributed by atoms with Crippen molar-refractivity contribution in [2.45, 2.75) is 12.3 Å². The summed E-state index contributed by atoms with van der Waals surface area (Å²) in [7, 11) is 1.41. The van der Waals surface area contributed by atoms with E-state index < -0.39 is 36.2 Å². The van der Waals surface area contributed by atoms with E-state index in [0.717, 1.165) is 10.6 Å². The molecule has 0 radical (unpaired) electrons. The van der Waals surface area contributed by atoms with E-state index in [1.807, 2.05) is 0 Å². The lowest BCUT2D eigenvalue weighted by Crippen LogP contribution is -2.38. The number of carbonyl (C=O) groups excluding carboxylic acids is 1. The third-order valence-corrected chi connectivity index (χ3v) is 3.43. The number of hydrogen-bond donors (Lipinski definition) is 2. The normalized spacial score (nSPS) is 13.2. The highest BCUT2D eigenvalue weighted by molar-refractivity contribution is 5.89. The predicted octanol–water partition coefficient (Wildman–Crippen LogP) is -0.0839. The zero-order valence-electron chi connectivity index (χ0n) is 14.2. The Bertz CT molecular complexity index is 816. The third kappa shape index (κ3) is 5.38. The van der Waals surface area contributed by atoms with E-state index in [4.69, 9.17) is 14.2 Å². The van der Waals surface area contributed by atoms with Gasteiger partial charge in [-0.3, -0.25) is 14.3 Å². The van der Waals surface area contributed by atoms with Crippen molar-refractivity contribution in [1.82, 2.24) is 9.55 Å². The average Bonchev–Trinajstić information content (AvgIpc) is 2.65. The monoisotopic (exact) mass is 364 g/mol. The Morgan fingerprint density at radius 3 is 2.54 bits per heavy atom. The largest absolute Gasteiger partial charge is 0.459 e. The van der Waals surface area contributed by atoms with E-state index in [9.17, 15) is 19.5 Å². The number of H-pyrrole nitrogens is 1. The quantitative estimate of drug-likeness (QED) is 0.597. The zero-order valence-corrected chi connectivity index (χ0v) is 14.2. The summed E-state index contributed by atoms with van der Waals surface area (Å²) in [6.07, 6.45) is -0.548. The Labute approximate surface area is 148 Å². The molecule has 0 fully saturated rings. The SMILES string of the molecule is COC[C@@H](O[C@H](CO)COC(=O)c1ccccc1)n1ccc(=O)[nH]c1=O. The number of carbonyl (C=O) groups is 1. The predicted molar refractivity (Wildman–Crippen MR) is 90.9 cm³/mol. The number of aromatic amines is 1. The molecule has 9 nitrogen and oxygen atoms in total. The molecular formula is C17H20N2O7. The maximum atomic E-state index is 12.0. The summed E-state index contributed by atoms with van der Waals surface area (Å²) < 4.78 is 16.9. The number of aromatic nitrogens is 2. The Kier molecular flexibility index (Phi) is 7.27. The number of aliphatic hydroxyl groups excluding tert-OH is 1. The molecule has 140 valence electrons. The first kappa shape index (κ1) is 19.6. The first-order chi connectivity index (χ1) is 12.5. The summed E-state index contributed by atoms with van der Waals surface area (Å²) in [5.41, 5.74) is -0.857. The van der Waals surface area contributed by atoms with Crippen molar-refractivity contribution in [3.05, 3.63) is 69.0 Å². The van der Waals surface area contributed by atoms with Crippen molar-refractivity contribution in [2.24, 2.45) is 0 Å². The molecule has 0 aliphatic rings. The van der Waals surface area contributed by atoms with Crippen molar-refractivity contribution < 1.29 is 24.1 Å². The highest BCUT2D eigenvalue weighted by Crippen LogP contribution is 2.11. The Morgan fingerprint density at radius 1 is 1.19 bits per heavy atom. The van der Waals surface area contributed by atoms with Gasteiger partial charge in [-0.15, -0.1) is 0 Å². The minimum Gasteiger partial charge on any atom is -0.459 e. The van der Waals surface area contributed by atoms with Gasteiger partial charge in [0.1, 0.15) is 12.7 Å². The van der Waals surface area contributed by atoms with Gasteiger partial charge >= 0.3 is 11.7 Å². The molecule has 26 heavy (non-hydrogen) atoms. The molecular weight excluding hydrogens is 344 g/mol. The molecule has 0 aliphatic heterocycles. The lowest BCUT2D eigenvalue weighted by atomic mass is 10.2. The van der Waals surface area contributed by atoms with Crippen LogP contribution in [0.25, 0.3) is 0 Å². The standard InChI is InChI=1S/C17H20N2O7/c1-24-11-15(19-8-7-14(21)18-17(19)23)26-13(9-20)10-25-16(22)12-5-3-2-4-6-12/h2-8,13,15,20H,9-11H2,1H3,(H,18,21,23)/t13-,15-/m1/s1. The van der Waals surface area contributed by atoms with Gasteiger partial charge in [-0.25, -0.2) is 9.59 Å². The van der Waals surface area contributed by atoms with Gasteiger partial charge in [-0.05, 0) is 12.1 Å². The second kappa shape index (κ2) is 9.66. The highest BCUT2D eigenvalue weighted by atomic mass is 16.6. The summed E-state index contributed by atoms with van der Waals surface area (Å²) >= 11 is 0. The van der Waals surface area contributed by atoms with Gasteiger partial charge in [0.05, 0.1) is 18.8 Å². The molecule has 2 N–H and O–H groups in total. The second-order valence-electron chi connectivity index (χ2n) is 5.33. The Morgan fingerprint density at radius 2 is 1.92 bits per heavy atom. The number of methoxy groups -OCH3 is 1. The number of nitrogens with one attached hydrogen (secondary N) is 1.